The lowest BCUT2D eigenvalue weighted by molar-refractivity contribution is 0.0668. The first kappa shape index (κ1) is 13.5. The summed E-state index contributed by atoms with van der Waals surface area (Å²) in [5, 5.41) is 10.2. The highest BCUT2D eigenvalue weighted by Gasteiger charge is 2.23. The van der Waals surface area contributed by atoms with Gasteiger partial charge in [0.15, 0.2) is 0 Å². The highest BCUT2D eigenvalue weighted by molar-refractivity contribution is 4.85. The molecule has 0 amide bonds. The maximum absolute atomic E-state index is 10.2. The van der Waals surface area contributed by atoms with Gasteiger partial charge in [-0.05, 0) is 43.9 Å². The summed E-state index contributed by atoms with van der Waals surface area (Å²) >= 11 is 0. The number of rotatable bonds is 7. The lowest BCUT2D eigenvalue weighted by Crippen LogP contribution is -2.25. The van der Waals surface area contributed by atoms with E-state index in [1.165, 1.54) is 32.1 Å². The van der Waals surface area contributed by atoms with Crippen molar-refractivity contribution >= 4 is 0 Å². The van der Waals surface area contributed by atoms with Gasteiger partial charge in [0, 0.05) is 0 Å². The van der Waals surface area contributed by atoms with Gasteiger partial charge < -0.3 is 5.11 Å². The quantitative estimate of drug-likeness (QED) is 0.643. The molecule has 92 valence electrons. The van der Waals surface area contributed by atoms with E-state index in [4.69, 9.17) is 0 Å². The van der Waals surface area contributed by atoms with Crippen molar-refractivity contribution in [3.8, 4) is 0 Å². The van der Waals surface area contributed by atoms with Crippen molar-refractivity contribution in [2.45, 2.75) is 57.5 Å². The minimum atomic E-state index is -0.117. The monoisotopic (exact) mass is 222 g/mol. The summed E-state index contributed by atoms with van der Waals surface area (Å²) in [5.74, 6) is 0.995. The molecule has 0 radical (unpaired) electrons. The van der Waals surface area contributed by atoms with Gasteiger partial charge in [0.2, 0.25) is 0 Å². The van der Waals surface area contributed by atoms with Crippen LogP contribution >= 0.6 is 0 Å². The Bertz CT molecular complexity index is 203. The molecule has 1 saturated carbocycles. The molecule has 1 N–H and O–H groups in total. The van der Waals surface area contributed by atoms with E-state index >= 15 is 0 Å². The Labute approximate surface area is 100 Å². The molecule has 0 heterocycles. The largest absolute Gasteiger partial charge is 0.393 e. The number of hydrogen-bond acceptors (Lipinski definition) is 1. The highest BCUT2D eigenvalue weighted by Crippen LogP contribution is 2.30. The summed E-state index contributed by atoms with van der Waals surface area (Å²) in [7, 11) is 0. The van der Waals surface area contributed by atoms with Crippen LogP contribution in [0.25, 0.3) is 0 Å². The fourth-order valence-electron chi connectivity index (χ4n) is 2.69. The average Bonchev–Trinajstić information content (AvgIpc) is 2.35. The average molecular weight is 222 g/mol. The van der Waals surface area contributed by atoms with Crippen molar-refractivity contribution in [1.29, 1.82) is 0 Å². The first-order valence-corrected chi connectivity index (χ1v) is 6.69. The molecular weight excluding hydrogens is 196 g/mol. The van der Waals surface area contributed by atoms with E-state index in [1.807, 2.05) is 12.2 Å². The normalized spacial score (nSPS) is 21.3. The fraction of sp³-hybridized carbons (Fsp3) is 0.733. The fourth-order valence-corrected chi connectivity index (χ4v) is 2.69. The van der Waals surface area contributed by atoms with Gasteiger partial charge in [-0.1, -0.05) is 31.4 Å². The second kappa shape index (κ2) is 7.67. The lowest BCUT2D eigenvalue weighted by atomic mass is 9.81. The molecule has 16 heavy (non-hydrogen) atoms. The number of aliphatic hydroxyl groups excluding tert-OH is 1. The molecule has 2 atom stereocenters. The van der Waals surface area contributed by atoms with Crippen molar-refractivity contribution in [2.75, 3.05) is 0 Å². The Balaban J connectivity index is 2.31. The molecule has 1 heteroatoms. The molecule has 1 aliphatic rings. The molecule has 1 nitrogen and oxygen atoms in total. The molecule has 0 spiro atoms. The van der Waals surface area contributed by atoms with Crippen LogP contribution in [0.3, 0.4) is 0 Å². The first-order chi connectivity index (χ1) is 7.77. The van der Waals surface area contributed by atoms with Crippen LogP contribution in [0.1, 0.15) is 51.4 Å². The maximum atomic E-state index is 10.2. The van der Waals surface area contributed by atoms with E-state index in [-0.39, 0.29) is 6.10 Å². The van der Waals surface area contributed by atoms with Crippen molar-refractivity contribution in [3.63, 3.8) is 0 Å². The van der Waals surface area contributed by atoms with Gasteiger partial charge in [-0.15, -0.1) is 13.2 Å². The van der Waals surface area contributed by atoms with Gasteiger partial charge in [-0.3, -0.25) is 0 Å². The topological polar surface area (TPSA) is 20.2 Å². The van der Waals surface area contributed by atoms with Crippen LogP contribution in [0.5, 0.6) is 0 Å². The molecule has 0 aromatic heterocycles. The lowest BCUT2D eigenvalue weighted by Gasteiger charge is -2.28. The van der Waals surface area contributed by atoms with Crippen molar-refractivity contribution in [1.82, 2.24) is 0 Å². The van der Waals surface area contributed by atoms with E-state index in [1.54, 1.807) is 0 Å². The Morgan fingerprint density at radius 3 is 2.44 bits per heavy atom. The summed E-state index contributed by atoms with van der Waals surface area (Å²) < 4.78 is 0. The van der Waals surface area contributed by atoms with Crippen LogP contribution in [0.4, 0.5) is 0 Å². The van der Waals surface area contributed by atoms with Gasteiger partial charge in [0.1, 0.15) is 0 Å². The molecule has 0 aromatic rings. The van der Waals surface area contributed by atoms with Crippen molar-refractivity contribution in [2.24, 2.45) is 11.8 Å². The Morgan fingerprint density at radius 2 is 1.88 bits per heavy atom. The van der Waals surface area contributed by atoms with E-state index in [9.17, 15) is 5.11 Å². The molecular formula is C15H26O. The van der Waals surface area contributed by atoms with E-state index < -0.39 is 0 Å². The summed E-state index contributed by atoms with van der Waals surface area (Å²) in [6.45, 7) is 7.61. The molecule has 2 unspecified atom stereocenters. The second-order valence-corrected chi connectivity index (χ2v) is 5.06. The third-order valence-electron chi connectivity index (χ3n) is 3.81. The SMILES string of the molecule is C=CCCC(C=C)CC(O)C1CCCCC1. The summed E-state index contributed by atoms with van der Waals surface area (Å²) in [4.78, 5) is 0. The molecule has 1 rings (SSSR count). The summed E-state index contributed by atoms with van der Waals surface area (Å²) in [5.41, 5.74) is 0. The van der Waals surface area contributed by atoms with Crippen molar-refractivity contribution in [3.05, 3.63) is 25.3 Å². The Hall–Kier alpha value is -0.560. The van der Waals surface area contributed by atoms with Gasteiger partial charge in [-0.25, -0.2) is 0 Å². The molecule has 1 aliphatic carbocycles. The van der Waals surface area contributed by atoms with E-state index in [0.29, 0.717) is 11.8 Å². The second-order valence-electron chi connectivity index (χ2n) is 5.06. The van der Waals surface area contributed by atoms with E-state index in [0.717, 1.165) is 19.3 Å². The van der Waals surface area contributed by atoms with Gasteiger partial charge in [0.25, 0.3) is 0 Å². The molecule has 1 fully saturated rings. The third kappa shape index (κ3) is 4.52. The Kier molecular flexibility index (Phi) is 6.47. The van der Waals surface area contributed by atoms with Crippen LogP contribution < -0.4 is 0 Å². The minimum absolute atomic E-state index is 0.117. The number of allylic oxidation sites excluding steroid dienone is 2. The molecule has 0 aliphatic heterocycles. The number of hydrogen-bond donors (Lipinski definition) is 1. The van der Waals surface area contributed by atoms with Crippen LogP contribution in [-0.2, 0) is 0 Å². The zero-order chi connectivity index (χ0) is 11.8. The molecule has 0 saturated heterocycles. The third-order valence-corrected chi connectivity index (χ3v) is 3.81. The van der Waals surface area contributed by atoms with Crippen LogP contribution in [0, 0.1) is 11.8 Å². The van der Waals surface area contributed by atoms with E-state index in [2.05, 4.69) is 13.2 Å². The first-order valence-electron chi connectivity index (χ1n) is 6.69. The molecule has 0 aromatic carbocycles. The van der Waals surface area contributed by atoms with Gasteiger partial charge in [-0.2, -0.15) is 0 Å². The smallest absolute Gasteiger partial charge is 0.0574 e. The van der Waals surface area contributed by atoms with Crippen LogP contribution in [-0.4, -0.2) is 11.2 Å². The summed E-state index contributed by atoms with van der Waals surface area (Å²) in [6, 6.07) is 0. The van der Waals surface area contributed by atoms with Crippen molar-refractivity contribution < 1.29 is 5.11 Å². The highest BCUT2D eigenvalue weighted by atomic mass is 16.3. The predicted octanol–water partition coefficient (Wildman–Crippen LogP) is 4.09. The molecule has 0 bridgehead atoms. The predicted molar refractivity (Wildman–Crippen MR) is 70.3 cm³/mol. The summed E-state index contributed by atoms with van der Waals surface area (Å²) in [6.07, 6.45) is 13.2. The standard InChI is InChI=1S/C15H26O/c1-3-5-9-13(4-2)12-15(16)14-10-7-6-8-11-14/h3-4,13-16H,1-2,5-12H2. The number of aliphatic hydroxyl groups is 1. The Morgan fingerprint density at radius 1 is 1.19 bits per heavy atom. The van der Waals surface area contributed by atoms with Gasteiger partial charge in [0.05, 0.1) is 6.10 Å². The zero-order valence-corrected chi connectivity index (χ0v) is 10.4. The van der Waals surface area contributed by atoms with Crippen LogP contribution in [0.2, 0.25) is 0 Å². The minimum Gasteiger partial charge on any atom is -0.393 e. The van der Waals surface area contributed by atoms with Gasteiger partial charge >= 0.3 is 0 Å². The van der Waals surface area contributed by atoms with Crippen LogP contribution in [0.15, 0.2) is 25.3 Å². The maximum Gasteiger partial charge on any atom is 0.0574 e. The zero-order valence-electron chi connectivity index (χ0n) is 10.4.